The summed E-state index contributed by atoms with van der Waals surface area (Å²) in [5, 5.41) is 18.2. The Morgan fingerprint density at radius 2 is 1.54 bits per heavy atom. The molecule has 11 heteroatoms. The minimum absolute atomic E-state index is 0.0867. The molecule has 7 N–H and O–H groups in total. The van der Waals surface area contributed by atoms with E-state index < -0.39 is 47.9 Å². The normalized spacial score (nSPS) is 14.2. The Morgan fingerprint density at radius 1 is 0.892 bits per heavy atom. The van der Waals surface area contributed by atoms with Gasteiger partial charge in [0.1, 0.15) is 18.1 Å². The Bertz CT molecular complexity index is 1250. The second kappa shape index (κ2) is 12.9. The van der Waals surface area contributed by atoms with Crippen LogP contribution in [0.15, 0.2) is 60.8 Å². The molecule has 4 unspecified atom stereocenters. The van der Waals surface area contributed by atoms with E-state index in [0.29, 0.717) is 0 Å². The molecule has 0 bridgehead atoms. The van der Waals surface area contributed by atoms with Crippen LogP contribution in [0.3, 0.4) is 0 Å². The number of amides is 3. The molecule has 4 atom stereocenters. The summed E-state index contributed by atoms with van der Waals surface area (Å²) in [4.78, 5) is 53.3. The van der Waals surface area contributed by atoms with Crippen LogP contribution in [0.5, 0.6) is 0 Å². The lowest BCUT2D eigenvalue weighted by Gasteiger charge is -2.23. The molecule has 0 aliphatic rings. The zero-order valence-corrected chi connectivity index (χ0v) is 21.2. The van der Waals surface area contributed by atoms with Crippen molar-refractivity contribution in [2.45, 2.75) is 43.9 Å². The van der Waals surface area contributed by atoms with E-state index in [1.807, 2.05) is 30.3 Å². The first-order chi connectivity index (χ1) is 17.7. The van der Waals surface area contributed by atoms with E-state index in [4.69, 9.17) is 5.73 Å². The maximum Gasteiger partial charge on any atom is 0.326 e. The van der Waals surface area contributed by atoms with E-state index in [-0.39, 0.29) is 18.6 Å². The number of nitrogens with one attached hydrogen (secondary N) is 4. The van der Waals surface area contributed by atoms with Gasteiger partial charge in [0.15, 0.2) is 0 Å². The predicted molar refractivity (Wildman–Crippen MR) is 143 cm³/mol. The number of fused-ring (bicyclic) bond motifs is 1. The van der Waals surface area contributed by atoms with Gasteiger partial charge in [-0.1, -0.05) is 48.5 Å². The summed E-state index contributed by atoms with van der Waals surface area (Å²) >= 11 is 4.04. The summed E-state index contributed by atoms with van der Waals surface area (Å²) in [6.45, 7) is 1.44. The number of nitrogens with two attached hydrogens (primary N) is 1. The van der Waals surface area contributed by atoms with Crippen molar-refractivity contribution in [3.05, 3.63) is 71.9 Å². The van der Waals surface area contributed by atoms with Crippen LogP contribution in [0.1, 0.15) is 18.1 Å². The van der Waals surface area contributed by atoms with Crippen molar-refractivity contribution in [3.63, 3.8) is 0 Å². The standard InChI is InChI=1S/C26H31N5O5S/c1-15(23(32)31-22(26(35)36)11-16-7-3-2-4-8-16)29-25(34)21(30-24(33)19(27)14-37)12-17-13-28-20-10-6-5-9-18(17)20/h2-10,13,15,19,21-22,28,37H,11-12,14,27H2,1H3,(H,29,34)(H,30,33)(H,31,32)(H,35,36). The monoisotopic (exact) mass is 525 g/mol. The average Bonchev–Trinajstić information content (AvgIpc) is 3.30. The maximum atomic E-state index is 13.2. The molecule has 37 heavy (non-hydrogen) atoms. The number of aromatic amines is 1. The lowest BCUT2D eigenvalue weighted by molar-refractivity contribution is -0.142. The number of carboxylic acids is 1. The maximum absolute atomic E-state index is 13.2. The third-order valence-electron chi connectivity index (χ3n) is 5.91. The Kier molecular flexibility index (Phi) is 9.70. The number of benzene rings is 2. The second-order valence-electron chi connectivity index (χ2n) is 8.73. The van der Waals surface area contributed by atoms with Crippen LogP contribution in [0, 0.1) is 0 Å². The Labute approximate surface area is 219 Å². The predicted octanol–water partition coefficient (Wildman–Crippen LogP) is 0.769. The Hall–Kier alpha value is -3.83. The molecule has 0 aliphatic carbocycles. The average molecular weight is 526 g/mol. The van der Waals surface area contributed by atoms with Gasteiger partial charge in [0.2, 0.25) is 17.7 Å². The first-order valence-electron chi connectivity index (χ1n) is 11.8. The van der Waals surface area contributed by atoms with Crippen molar-refractivity contribution in [1.82, 2.24) is 20.9 Å². The van der Waals surface area contributed by atoms with Gasteiger partial charge in [-0.05, 0) is 24.1 Å². The minimum atomic E-state index is -1.19. The summed E-state index contributed by atoms with van der Waals surface area (Å²) < 4.78 is 0. The number of aliphatic carboxylic acids is 1. The molecule has 10 nitrogen and oxygen atoms in total. The molecule has 196 valence electrons. The third-order valence-corrected chi connectivity index (χ3v) is 6.31. The number of rotatable bonds is 12. The summed E-state index contributed by atoms with van der Waals surface area (Å²) in [5.41, 5.74) is 8.19. The van der Waals surface area contributed by atoms with Gasteiger partial charge < -0.3 is 31.8 Å². The van der Waals surface area contributed by atoms with Crippen LogP contribution in [0.4, 0.5) is 0 Å². The van der Waals surface area contributed by atoms with E-state index in [0.717, 1.165) is 22.0 Å². The summed E-state index contributed by atoms with van der Waals surface area (Å²) in [6.07, 6.45) is 1.98. The van der Waals surface area contributed by atoms with Crippen LogP contribution in [0.2, 0.25) is 0 Å². The van der Waals surface area contributed by atoms with E-state index in [2.05, 4.69) is 33.6 Å². The van der Waals surface area contributed by atoms with Gasteiger partial charge in [-0.3, -0.25) is 14.4 Å². The molecule has 0 radical (unpaired) electrons. The third kappa shape index (κ3) is 7.58. The van der Waals surface area contributed by atoms with Crippen LogP contribution >= 0.6 is 12.6 Å². The minimum Gasteiger partial charge on any atom is -0.480 e. The number of H-pyrrole nitrogens is 1. The van der Waals surface area contributed by atoms with Crippen molar-refractivity contribution in [3.8, 4) is 0 Å². The lowest BCUT2D eigenvalue weighted by Crippen LogP contribution is -2.57. The number of carboxylic acid groups (broad SMARTS) is 1. The molecule has 0 saturated heterocycles. The van der Waals surface area contributed by atoms with E-state index >= 15 is 0 Å². The molecule has 0 fully saturated rings. The highest BCUT2D eigenvalue weighted by Gasteiger charge is 2.29. The molecule has 1 heterocycles. The molecular weight excluding hydrogens is 494 g/mol. The first-order valence-corrected chi connectivity index (χ1v) is 12.4. The number of hydrogen-bond acceptors (Lipinski definition) is 6. The van der Waals surface area contributed by atoms with Crippen LogP contribution < -0.4 is 21.7 Å². The van der Waals surface area contributed by atoms with E-state index in [9.17, 15) is 24.3 Å². The van der Waals surface area contributed by atoms with Crippen LogP contribution in [0.25, 0.3) is 10.9 Å². The van der Waals surface area contributed by atoms with Gasteiger partial charge in [0.25, 0.3) is 0 Å². The van der Waals surface area contributed by atoms with Gasteiger partial charge in [0.05, 0.1) is 6.04 Å². The van der Waals surface area contributed by atoms with E-state index in [1.165, 1.54) is 6.92 Å². The number of thiol groups is 1. The fraction of sp³-hybridized carbons (Fsp3) is 0.308. The van der Waals surface area contributed by atoms with Gasteiger partial charge in [-0.2, -0.15) is 12.6 Å². The highest BCUT2D eigenvalue weighted by atomic mass is 32.1. The fourth-order valence-electron chi connectivity index (χ4n) is 3.82. The largest absolute Gasteiger partial charge is 0.480 e. The number of carbonyl (C=O) groups excluding carboxylic acids is 3. The van der Waals surface area contributed by atoms with Crippen molar-refractivity contribution in [1.29, 1.82) is 0 Å². The lowest BCUT2D eigenvalue weighted by atomic mass is 10.0. The SMILES string of the molecule is CC(NC(=O)C(Cc1c[nH]c2ccccc12)NC(=O)C(N)CS)C(=O)NC(Cc1ccccc1)C(=O)O. The van der Waals surface area contributed by atoms with Gasteiger partial charge in [-0.25, -0.2) is 4.79 Å². The highest BCUT2D eigenvalue weighted by Crippen LogP contribution is 2.19. The molecular formula is C26H31N5O5S. The quantitative estimate of drug-likeness (QED) is 0.173. The molecule has 0 spiro atoms. The topological polar surface area (TPSA) is 166 Å². The highest BCUT2D eigenvalue weighted by molar-refractivity contribution is 7.80. The van der Waals surface area contributed by atoms with Crippen LogP contribution in [-0.2, 0) is 32.0 Å². The number of aromatic nitrogens is 1. The molecule has 3 amide bonds. The van der Waals surface area contributed by atoms with Gasteiger partial charge >= 0.3 is 5.97 Å². The number of para-hydroxylation sites is 1. The molecule has 2 aromatic carbocycles. The second-order valence-corrected chi connectivity index (χ2v) is 9.10. The van der Waals surface area contributed by atoms with Gasteiger partial charge in [0, 0.05) is 35.7 Å². The number of carbonyl (C=O) groups is 4. The Morgan fingerprint density at radius 3 is 2.22 bits per heavy atom. The van der Waals surface area contributed by atoms with Crippen molar-refractivity contribution in [2.75, 3.05) is 5.75 Å². The molecule has 3 rings (SSSR count). The summed E-state index contributed by atoms with van der Waals surface area (Å²) in [7, 11) is 0. The summed E-state index contributed by atoms with van der Waals surface area (Å²) in [5.74, 6) is -2.94. The molecule has 0 saturated carbocycles. The molecule has 3 aromatic rings. The fourth-order valence-corrected chi connectivity index (χ4v) is 3.98. The molecule has 0 aliphatic heterocycles. The van der Waals surface area contributed by atoms with Crippen molar-refractivity contribution >= 4 is 47.2 Å². The summed E-state index contributed by atoms with van der Waals surface area (Å²) in [6, 6.07) is 12.2. The first kappa shape index (κ1) is 27.8. The van der Waals surface area contributed by atoms with Crippen molar-refractivity contribution in [2.24, 2.45) is 5.73 Å². The van der Waals surface area contributed by atoms with E-state index in [1.54, 1.807) is 30.5 Å². The van der Waals surface area contributed by atoms with Gasteiger partial charge in [-0.15, -0.1) is 0 Å². The molecule has 1 aromatic heterocycles. The zero-order chi connectivity index (χ0) is 26.9. The van der Waals surface area contributed by atoms with Crippen molar-refractivity contribution < 1.29 is 24.3 Å². The Balaban J connectivity index is 1.71. The number of hydrogen-bond donors (Lipinski definition) is 7. The van der Waals surface area contributed by atoms with Crippen LogP contribution in [-0.4, -0.2) is 63.7 Å². The zero-order valence-electron chi connectivity index (χ0n) is 20.3. The smallest absolute Gasteiger partial charge is 0.326 e.